The summed E-state index contributed by atoms with van der Waals surface area (Å²) in [5.74, 6) is 0.0935. The molecule has 0 atom stereocenters. The number of hydrogen-bond donors (Lipinski definition) is 1. The molecule has 0 unspecified atom stereocenters. The first-order chi connectivity index (χ1) is 15.1. The molecule has 4 aromatic heterocycles. The number of halogens is 2. The molecule has 5 aromatic rings. The van der Waals surface area contributed by atoms with Gasteiger partial charge in [-0.3, -0.25) is 9.48 Å². The highest BCUT2D eigenvalue weighted by molar-refractivity contribution is 9.10. The molecule has 0 spiro atoms. The lowest BCUT2D eigenvalue weighted by Crippen LogP contribution is -2.13. The van der Waals surface area contributed by atoms with E-state index in [-0.39, 0.29) is 5.91 Å². The first-order valence-electron chi connectivity index (χ1n) is 9.24. The fourth-order valence-electron chi connectivity index (χ4n) is 3.18. The number of carbonyl (C=O) groups is 1. The highest BCUT2D eigenvalue weighted by Crippen LogP contribution is 2.26. The van der Waals surface area contributed by atoms with E-state index in [1.807, 2.05) is 54.0 Å². The second-order valence-corrected chi connectivity index (χ2v) is 8.94. The van der Waals surface area contributed by atoms with Crippen LogP contribution in [0.15, 0.2) is 70.9 Å². The number of aromatic nitrogens is 5. The van der Waals surface area contributed by atoms with Gasteiger partial charge in [-0.1, -0.05) is 29.8 Å². The zero-order valence-electron chi connectivity index (χ0n) is 15.9. The Morgan fingerprint density at radius 2 is 2.03 bits per heavy atom. The summed E-state index contributed by atoms with van der Waals surface area (Å²) in [6.07, 6.45) is 5.01. The maximum Gasteiger partial charge on any atom is 0.262 e. The van der Waals surface area contributed by atoms with Crippen LogP contribution in [0, 0.1) is 0 Å². The number of rotatable bonds is 5. The summed E-state index contributed by atoms with van der Waals surface area (Å²) in [4.78, 5) is 18.4. The third kappa shape index (κ3) is 3.99. The largest absolute Gasteiger partial charge is 0.304 e. The van der Waals surface area contributed by atoms with Gasteiger partial charge in [0.05, 0.1) is 27.8 Å². The van der Waals surface area contributed by atoms with Crippen molar-refractivity contribution in [2.75, 3.05) is 5.32 Å². The highest BCUT2D eigenvalue weighted by Gasteiger charge is 2.19. The van der Waals surface area contributed by atoms with Gasteiger partial charge in [-0.05, 0) is 51.1 Å². The van der Waals surface area contributed by atoms with E-state index in [9.17, 15) is 4.79 Å². The van der Waals surface area contributed by atoms with Gasteiger partial charge in [-0.25, -0.2) is 9.50 Å². The number of amides is 1. The van der Waals surface area contributed by atoms with E-state index in [4.69, 9.17) is 11.6 Å². The minimum atomic E-state index is -0.330. The Balaban J connectivity index is 1.39. The van der Waals surface area contributed by atoms with Crippen LogP contribution in [0.4, 0.5) is 5.82 Å². The summed E-state index contributed by atoms with van der Waals surface area (Å²) < 4.78 is 4.10. The lowest BCUT2D eigenvalue weighted by atomic mass is 10.2. The molecule has 0 bridgehead atoms. The van der Waals surface area contributed by atoms with Crippen LogP contribution in [-0.2, 0) is 6.54 Å². The van der Waals surface area contributed by atoms with Gasteiger partial charge in [0.15, 0.2) is 11.5 Å². The maximum atomic E-state index is 13.0. The number of benzene rings is 1. The topological polar surface area (TPSA) is 77.1 Å². The average Bonchev–Trinajstić information content (AvgIpc) is 3.50. The number of carbonyl (C=O) groups excluding carboxylic acids is 1. The highest BCUT2D eigenvalue weighted by atomic mass is 79.9. The summed E-state index contributed by atoms with van der Waals surface area (Å²) >= 11 is 11.0. The SMILES string of the molecule is O=C(Nc1nn(Cc2ccc(Cl)cc2)cc1Br)c1cnn2c(-c3cccs3)ccnc12. The molecule has 0 saturated carbocycles. The number of fused-ring (bicyclic) bond motifs is 1. The molecular weight excluding hydrogens is 500 g/mol. The lowest BCUT2D eigenvalue weighted by Gasteiger charge is -2.04. The second kappa shape index (κ2) is 8.26. The van der Waals surface area contributed by atoms with E-state index in [2.05, 4.69) is 36.4 Å². The van der Waals surface area contributed by atoms with E-state index < -0.39 is 0 Å². The number of thiophene rings is 1. The van der Waals surface area contributed by atoms with Crippen LogP contribution in [0.1, 0.15) is 15.9 Å². The Morgan fingerprint density at radius 1 is 1.19 bits per heavy atom. The summed E-state index contributed by atoms with van der Waals surface area (Å²) in [7, 11) is 0. The van der Waals surface area contributed by atoms with Crippen LogP contribution in [0.3, 0.4) is 0 Å². The van der Waals surface area contributed by atoms with Crippen molar-refractivity contribution in [2.45, 2.75) is 6.54 Å². The van der Waals surface area contributed by atoms with Gasteiger partial charge in [-0.2, -0.15) is 10.2 Å². The Kier molecular flexibility index (Phi) is 5.31. The monoisotopic (exact) mass is 512 g/mol. The van der Waals surface area contributed by atoms with Gasteiger partial charge in [0, 0.05) is 17.4 Å². The Labute approximate surface area is 194 Å². The molecule has 154 valence electrons. The molecule has 31 heavy (non-hydrogen) atoms. The van der Waals surface area contributed by atoms with Crippen molar-refractivity contribution in [1.29, 1.82) is 0 Å². The molecule has 0 aliphatic carbocycles. The van der Waals surface area contributed by atoms with Crippen LogP contribution in [-0.4, -0.2) is 30.3 Å². The molecule has 7 nitrogen and oxygen atoms in total. The predicted molar refractivity (Wildman–Crippen MR) is 125 cm³/mol. The van der Waals surface area contributed by atoms with Crippen molar-refractivity contribution in [3.63, 3.8) is 0 Å². The van der Waals surface area contributed by atoms with Crippen molar-refractivity contribution in [1.82, 2.24) is 24.4 Å². The molecule has 10 heteroatoms. The average molecular weight is 514 g/mol. The van der Waals surface area contributed by atoms with Crippen molar-refractivity contribution in [2.24, 2.45) is 0 Å². The van der Waals surface area contributed by atoms with E-state index in [1.54, 1.807) is 26.7 Å². The van der Waals surface area contributed by atoms with Crippen LogP contribution in [0.25, 0.3) is 16.2 Å². The minimum absolute atomic E-state index is 0.330. The van der Waals surface area contributed by atoms with Crippen molar-refractivity contribution >= 4 is 56.2 Å². The second-order valence-electron chi connectivity index (χ2n) is 6.70. The van der Waals surface area contributed by atoms with E-state index >= 15 is 0 Å². The van der Waals surface area contributed by atoms with Crippen LogP contribution in [0.5, 0.6) is 0 Å². The predicted octanol–water partition coefficient (Wildman–Crippen LogP) is 5.37. The Morgan fingerprint density at radius 3 is 2.81 bits per heavy atom. The number of nitrogens with one attached hydrogen (secondary N) is 1. The minimum Gasteiger partial charge on any atom is -0.304 e. The lowest BCUT2D eigenvalue weighted by molar-refractivity contribution is 0.102. The Hall–Kier alpha value is -3.01. The molecule has 1 N–H and O–H groups in total. The van der Waals surface area contributed by atoms with E-state index in [0.717, 1.165) is 16.1 Å². The molecular formula is C21H14BrClN6OS. The van der Waals surface area contributed by atoms with Gasteiger partial charge in [0.1, 0.15) is 5.56 Å². The maximum absolute atomic E-state index is 13.0. The molecule has 1 aromatic carbocycles. The van der Waals surface area contributed by atoms with E-state index in [1.165, 1.54) is 6.20 Å². The fourth-order valence-corrected chi connectivity index (χ4v) is 4.45. The van der Waals surface area contributed by atoms with Crippen LogP contribution < -0.4 is 5.32 Å². The van der Waals surface area contributed by atoms with Crippen molar-refractivity contribution < 1.29 is 4.79 Å². The zero-order valence-corrected chi connectivity index (χ0v) is 19.0. The van der Waals surface area contributed by atoms with Gasteiger partial charge in [0.25, 0.3) is 5.91 Å². The molecule has 0 fully saturated rings. The third-order valence-electron chi connectivity index (χ3n) is 4.63. The van der Waals surface area contributed by atoms with Gasteiger partial charge in [-0.15, -0.1) is 11.3 Å². The number of hydrogen-bond acceptors (Lipinski definition) is 5. The first kappa shape index (κ1) is 19.9. The molecule has 0 aliphatic rings. The smallest absolute Gasteiger partial charge is 0.262 e. The number of nitrogens with zero attached hydrogens (tertiary/aromatic N) is 5. The van der Waals surface area contributed by atoms with E-state index in [0.29, 0.717) is 33.1 Å². The third-order valence-corrected chi connectivity index (χ3v) is 6.35. The van der Waals surface area contributed by atoms with Crippen LogP contribution in [0.2, 0.25) is 5.02 Å². The molecule has 0 radical (unpaired) electrons. The quantitative estimate of drug-likeness (QED) is 0.343. The summed E-state index contributed by atoms with van der Waals surface area (Å²) in [6.45, 7) is 0.550. The van der Waals surface area contributed by atoms with Gasteiger partial charge >= 0.3 is 0 Å². The first-order valence-corrected chi connectivity index (χ1v) is 11.3. The molecule has 5 rings (SSSR count). The summed E-state index contributed by atoms with van der Waals surface area (Å²) in [5.41, 5.74) is 2.79. The number of anilines is 1. The molecule has 0 aliphatic heterocycles. The van der Waals surface area contributed by atoms with Gasteiger partial charge < -0.3 is 5.32 Å². The zero-order chi connectivity index (χ0) is 21.4. The molecule has 1 amide bonds. The van der Waals surface area contributed by atoms with Crippen molar-refractivity contribution in [3.05, 3.63) is 87.1 Å². The molecule has 0 saturated heterocycles. The summed E-state index contributed by atoms with van der Waals surface area (Å²) in [6, 6.07) is 13.4. The fraction of sp³-hybridized carbons (Fsp3) is 0.0476. The Bertz CT molecular complexity index is 1380. The normalized spacial score (nSPS) is 11.2. The summed E-state index contributed by atoms with van der Waals surface area (Å²) in [5, 5.41) is 14.4. The van der Waals surface area contributed by atoms with Gasteiger partial charge in [0.2, 0.25) is 0 Å². The van der Waals surface area contributed by atoms with Crippen LogP contribution >= 0.6 is 38.9 Å². The molecule has 4 heterocycles. The standard InChI is InChI=1S/C21H14BrClN6OS/c22-16-12-28(11-13-3-5-14(23)6-4-13)27-19(16)26-21(30)15-10-25-29-17(7-8-24-20(15)29)18-2-1-9-31-18/h1-10,12H,11H2,(H,26,27,30). The van der Waals surface area contributed by atoms with Crippen molar-refractivity contribution in [3.8, 4) is 10.6 Å².